The second-order valence-electron chi connectivity index (χ2n) is 7.71. The average molecular weight is 440 g/mol. The van der Waals surface area contributed by atoms with Gasteiger partial charge in [0.15, 0.2) is 11.2 Å². The molecule has 0 amide bonds. The van der Waals surface area contributed by atoms with Crippen LogP contribution in [-0.2, 0) is 10.2 Å². The number of hydrogen-bond acceptors (Lipinski definition) is 7. The normalized spacial score (nSPS) is 17.5. The lowest BCUT2D eigenvalue weighted by atomic mass is 9.76. The number of carbonyl (C=O) groups is 1. The first-order valence-electron chi connectivity index (χ1n) is 10.4. The molecular formula is C25H20N4O4. The Bertz CT molecular complexity index is 1360. The molecule has 1 atom stereocenters. The summed E-state index contributed by atoms with van der Waals surface area (Å²) in [5.41, 5.74) is 2.18. The molecule has 0 bridgehead atoms. The molecule has 8 nitrogen and oxygen atoms in total. The molecule has 8 heteroatoms. The van der Waals surface area contributed by atoms with E-state index in [1.54, 1.807) is 19.1 Å². The topological polar surface area (TPSA) is 114 Å². The molecule has 5 rings (SSSR count). The van der Waals surface area contributed by atoms with Gasteiger partial charge in [0.1, 0.15) is 11.4 Å². The van der Waals surface area contributed by atoms with Crippen molar-refractivity contribution in [2.24, 2.45) is 0 Å². The smallest absolute Gasteiger partial charge is 0.321 e. The molecular weight excluding hydrogens is 420 g/mol. The summed E-state index contributed by atoms with van der Waals surface area (Å²) < 4.78 is 11.3. The number of carboxylic acid groups (broad SMARTS) is 1. The van der Waals surface area contributed by atoms with Crippen molar-refractivity contribution in [2.45, 2.75) is 18.8 Å². The van der Waals surface area contributed by atoms with Gasteiger partial charge in [0.25, 0.3) is 0 Å². The Hall–Kier alpha value is -4.46. The predicted molar refractivity (Wildman–Crippen MR) is 122 cm³/mol. The number of aliphatic carboxylic acids is 1. The number of benzene rings is 2. The minimum absolute atomic E-state index is 0.113. The van der Waals surface area contributed by atoms with Crippen LogP contribution in [-0.4, -0.2) is 26.4 Å². The third kappa shape index (κ3) is 3.71. The van der Waals surface area contributed by atoms with Crippen LogP contribution in [0.1, 0.15) is 23.4 Å². The lowest BCUT2D eigenvalue weighted by Crippen LogP contribution is -2.34. The highest BCUT2D eigenvalue weighted by atomic mass is 16.5. The number of nitrogens with one attached hydrogen (secondary N) is 1. The van der Waals surface area contributed by atoms with Gasteiger partial charge in [-0.1, -0.05) is 77.0 Å². The number of nitrogens with zero attached hydrogens (tertiary/aromatic N) is 3. The molecule has 0 spiro atoms. The van der Waals surface area contributed by atoms with Gasteiger partial charge in [-0.3, -0.25) is 4.79 Å². The molecule has 33 heavy (non-hydrogen) atoms. The zero-order valence-electron chi connectivity index (χ0n) is 17.7. The summed E-state index contributed by atoms with van der Waals surface area (Å²) in [5.74, 6) is -0.530. The van der Waals surface area contributed by atoms with Gasteiger partial charge >= 0.3 is 12.0 Å². The van der Waals surface area contributed by atoms with Crippen molar-refractivity contribution in [1.29, 1.82) is 0 Å². The zero-order valence-corrected chi connectivity index (χ0v) is 17.7. The SMILES string of the molecule is Cc1noc(C2(C(=O)O)C=CC(c3ccccc3)=CC2)c1Nc1nnc(-c2ccccc2)o1. The van der Waals surface area contributed by atoms with E-state index in [1.807, 2.05) is 66.7 Å². The van der Waals surface area contributed by atoms with E-state index in [2.05, 4.69) is 20.7 Å². The van der Waals surface area contributed by atoms with E-state index in [-0.39, 0.29) is 18.2 Å². The first-order valence-corrected chi connectivity index (χ1v) is 10.4. The molecule has 0 aliphatic heterocycles. The largest absolute Gasteiger partial charge is 0.480 e. The van der Waals surface area contributed by atoms with Crippen molar-refractivity contribution in [3.8, 4) is 11.5 Å². The molecule has 1 aliphatic rings. The molecule has 1 unspecified atom stereocenters. The predicted octanol–water partition coefficient (Wildman–Crippen LogP) is 5.14. The Morgan fingerprint density at radius 3 is 2.36 bits per heavy atom. The highest BCUT2D eigenvalue weighted by Crippen LogP contribution is 2.42. The zero-order chi connectivity index (χ0) is 22.8. The fraction of sp³-hybridized carbons (Fsp3) is 0.120. The Balaban J connectivity index is 1.47. The second-order valence-corrected chi connectivity index (χ2v) is 7.71. The van der Waals surface area contributed by atoms with Crippen LogP contribution >= 0.6 is 0 Å². The first kappa shape index (κ1) is 20.4. The Morgan fingerprint density at radius 2 is 1.73 bits per heavy atom. The molecule has 2 heterocycles. The van der Waals surface area contributed by atoms with E-state index in [1.165, 1.54) is 0 Å². The fourth-order valence-electron chi connectivity index (χ4n) is 3.81. The van der Waals surface area contributed by atoms with E-state index in [9.17, 15) is 9.90 Å². The van der Waals surface area contributed by atoms with Gasteiger partial charge < -0.3 is 19.4 Å². The highest BCUT2D eigenvalue weighted by molar-refractivity contribution is 5.89. The summed E-state index contributed by atoms with van der Waals surface area (Å²) in [7, 11) is 0. The minimum Gasteiger partial charge on any atom is -0.480 e. The third-order valence-corrected chi connectivity index (χ3v) is 5.63. The number of aryl methyl sites for hydroxylation is 1. The summed E-state index contributed by atoms with van der Waals surface area (Å²) >= 11 is 0. The Morgan fingerprint density at radius 1 is 1.03 bits per heavy atom. The monoisotopic (exact) mass is 440 g/mol. The van der Waals surface area contributed by atoms with E-state index >= 15 is 0 Å². The average Bonchev–Trinajstić information content (AvgIpc) is 3.48. The van der Waals surface area contributed by atoms with Crippen LogP contribution in [0.2, 0.25) is 0 Å². The summed E-state index contributed by atoms with van der Waals surface area (Å²) in [5, 5.41) is 25.3. The quantitative estimate of drug-likeness (QED) is 0.423. The van der Waals surface area contributed by atoms with Crippen molar-refractivity contribution < 1.29 is 18.8 Å². The maximum Gasteiger partial charge on any atom is 0.321 e. The number of hydrogen-bond donors (Lipinski definition) is 2. The van der Waals surface area contributed by atoms with Crippen molar-refractivity contribution in [3.63, 3.8) is 0 Å². The molecule has 0 saturated heterocycles. The Kier molecular flexibility index (Phi) is 5.10. The van der Waals surface area contributed by atoms with Crippen LogP contribution < -0.4 is 5.32 Å². The molecule has 1 aliphatic carbocycles. The standard InChI is InChI=1S/C25H20N4O4/c1-16-20(26-24-28-27-22(32-24)19-10-6-3-7-11-19)21(33-29-16)25(23(30)31)14-12-18(13-15-25)17-8-4-2-5-9-17/h2-14H,15H2,1H3,(H,26,28)(H,30,31). The van der Waals surface area contributed by atoms with E-state index < -0.39 is 11.4 Å². The molecule has 0 saturated carbocycles. The number of rotatable bonds is 6. The van der Waals surface area contributed by atoms with Gasteiger partial charge in [0.2, 0.25) is 5.89 Å². The summed E-state index contributed by atoms with van der Waals surface area (Å²) in [6.45, 7) is 1.72. The number of carboxylic acids is 1. The lowest BCUT2D eigenvalue weighted by molar-refractivity contribution is -0.142. The molecule has 2 aromatic heterocycles. The minimum atomic E-state index is -1.43. The maximum atomic E-state index is 12.5. The van der Waals surface area contributed by atoms with Crippen molar-refractivity contribution in [1.82, 2.24) is 15.4 Å². The molecule has 2 aromatic carbocycles. The van der Waals surface area contributed by atoms with Gasteiger partial charge in [-0.05, 0) is 36.6 Å². The van der Waals surface area contributed by atoms with Crippen molar-refractivity contribution in [3.05, 3.63) is 95.9 Å². The number of allylic oxidation sites excluding steroid dienone is 3. The summed E-state index contributed by atoms with van der Waals surface area (Å²) in [6, 6.07) is 19.3. The molecule has 164 valence electrons. The number of aromatic nitrogens is 3. The highest BCUT2D eigenvalue weighted by Gasteiger charge is 2.45. The molecule has 0 fully saturated rings. The van der Waals surface area contributed by atoms with Crippen molar-refractivity contribution >= 4 is 23.2 Å². The molecule has 4 aromatic rings. The van der Waals surface area contributed by atoms with Crippen LogP contribution in [0, 0.1) is 6.92 Å². The first-order chi connectivity index (χ1) is 16.1. The van der Waals surface area contributed by atoms with Gasteiger partial charge in [-0.15, -0.1) is 5.10 Å². The van der Waals surface area contributed by atoms with Crippen LogP contribution in [0.5, 0.6) is 0 Å². The van der Waals surface area contributed by atoms with Crippen molar-refractivity contribution in [2.75, 3.05) is 5.32 Å². The molecule has 2 N–H and O–H groups in total. The van der Waals surface area contributed by atoms with Crippen LogP contribution in [0.3, 0.4) is 0 Å². The lowest BCUT2D eigenvalue weighted by Gasteiger charge is -2.26. The molecule has 0 radical (unpaired) electrons. The van der Waals surface area contributed by atoms with Gasteiger partial charge in [0, 0.05) is 5.56 Å². The van der Waals surface area contributed by atoms with E-state index in [4.69, 9.17) is 8.94 Å². The van der Waals surface area contributed by atoms with Crippen LogP contribution in [0.4, 0.5) is 11.7 Å². The van der Waals surface area contributed by atoms with Crippen LogP contribution in [0.25, 0.3) is 17.0 Å². The van der Waals surface area contributed by atoms with Crippen LogP contribution in [0.15, 0.2) is 87.8 Å². The van der Waals surface area contributed by atoms with E-state index in [0.717, 1.165) is 16.7 Å². The Labute approximate surface area is 189 Å². The summed E-state index contributed by atoms with van der Waals surface area (Å²) in [4.78, 5) is 12.5. The van der Waals surface area contributed by atoms with E-state index in [0.29, 0.717) is 17.3 Å². The van der Waals surface area contributed by atoms with Gasteiger partial charge in [-0.25, -0.2) is 0 Å². The van der Waals surface area contributed by atoms with Gasteiger partial charge in [0.05, 0.1) is 0 Å². The second kappa shape index (κ2) is 8.23. The van der Waals surface area contributed by atoms with Gasteiger partial charge in [-0.2, -0.15) is 0 Å². The summed E-state index contributed by atoms with van der Waals surface area (Å²) in [6.07, 6.45) is 5.54. The third-order valence-electron chi connectivity index (χ3n) is 5.63. The maximum absolute atomic E-state index is 12.5. The number of anilines is 2. The fourth-order valence-corrected chi connectivity index (χ4v) is 3.81.